The van der Waals surface area contributed by atoms with Gasteiger partial charge in [-0.2, -0.15) is 8.42 Å². The SMILES string of the molecule is O=S(=O)(O)O.[Hg].[Zn]. The summed E-state index contributed by atoms with van der Waals surface area (Å²) in [4.78, 5) is 0. The molecular weight excluding hydrogens is 362 g/mol. The van der Waals surface area contributed by atoms with Crippen molar-refractivity contribution in [1.29, 1.82) is 0 Å². The molecule has 0 atom stereocenters. The van der Waals surface area contributed by atoms with Crippen molar-refractivity contribution in [3.63, 3.8) is 0 Å². The molecule has 0 aromatic heterocycles. The van der Waals surface area contributed by atoms with E-state index in [1.807, 2.05) is 0 Å². The van der Waals surface area contributed by atoms with E-state index in [9.17, 15) is 0 Å². The van der Waals surface area contributed by atoms with Crippen LogP contribution in [0.3, 0.4) is 0 Å². The summed E-state index contributed by atoms with van der Waals surface area (Å²) < 4.78 is 31.6. The molecule has 2 N–H and O–H groups in total. The molecule has 7 heavy (non-hydrogen) atoms. The predicted octanol–water partition coefficient (Wildman–Crippen LogP) is -0.658. The average molecular weight is 364 g/mol. The summed E-state index contributed by atoms with van der Waals surface area (Å²) in [6.45, 7) is 0. The molecule has 0 bridgehead atoms. The Morgan fingerprint density at radius 2 is 1.14 bits per heavy atom. The van der Waals surface area contributed by atoms with Gasteiger partial charge >= 0.3 is 10.4 Å². The average Bonchev–Trinajstić information content (AvgIpc) is 0.722. The Morgan fingerprint density at radius 3 is 1.14 bits per heavy atom. The van der Waals surface area contributed by atoms with Gasteiger partial charge in [-0.05, 0) is 0 Å². The van der Waals surface area contributed by atoms with Crippen LogP contribution in [0.25, 0.3) is 0 Å². The minimum absolute atomic E-state index is 0. The normalized spacial score (nSPS) is 8.29. The zero-order valence-electron chi connectivity index (χ0n) is 3.53. The van der Waals surface area contributed by atoms with Gasteiger partial charge in [0.1, 0.15) is 0 Å². The monoisotopic (exact) mass is 364 g/mol. The smallest absolute Gasteiger partial charge is 0.264 e. The molecular formula is H2HgO4SZn. The van der Waals surface area contributed by atoms with Crippen LogP contribution in [0, 0.1) is 0 Å². The van der Waals surface area contributed by atoms with Gasteiger partial charge in [0.05, 0.1) is 0 Å². The Bertz CT molecular complexity index is 94.9. The van der Waals surface area contributed by atoms with E-state index in [4.69, 9.17) is 17.5 Å². The first-order valence-electron chi connectivity index (χ1n) is 0.698. The van der Waals surface area contributed by atoms with Gasteiger partial charge in [0.2, 0.25) is 0 Å². The van der Waals surface area contributed by atoms with Crippen molar-refractivity contribution in [3.8, 4) is 0 Å². The van der Waals surface area contributed by atoms with Crippen molar-refractivity contribution in [2.45, 2.75) is 0 Å². The maximum Gasteiger partial charge on any atom is 0.394 e. The second-order valence-corrected chi connectivity index (χ2v) is 1.34. The molecule has 0 saturated carbocycles. The number of hydrogen-bond donors (Lipinski definition) is 2. The van der Waals surface area contributed by atoms with E-state index < -0.39 is 10.4 Å². The van der Waals surface area contributed by atoms with E-state index >= 15 is 0 Å². The molecule has 0 aliphatic carbocycles. The van der Waals surface area contributed by atoms with Gasteiger partial charge in [0.25, 0.3) is 0 Å². The topological polar surface area (TPSA) is 74.6 Å². The van der Waals surface area contributed by atoms with Gasteiger partial charge in [-0.1, -0.05) is 0 Å². The maximum absolute atomic E-state index is 8.74. The quantitative estimate of drug-likeness (QED) is 0.442. The summed E-state index contributed by atoms with van der Waals surface area (Å²) in [5.41, 5.74) is 0. The van der Waals surface area contributed by atoms with Gasteiger partial charge in [0, 0.05) is 47.1 Å². The van der Waals surface area contributed by atoms with Crippen LogP contribution >= 0.6 is 0 Å². The molecule has 0 rings (SSSR count). The molecule has 36 valence electrons. The summed E-state index contributed by atoms with van der Waals surface area (Å²) in [5, 5.41) is 0. The third-order valence-electron chi connectivity index (χ3n) is 0. The van der Waals surface area contributed by atoms with E-state index in [1.165, 1.54) is 0 Å². The summed E-state index contributed by atoms with van der Waals surface area (Å²) in [6.07, 6.45) is 0. The third-order valence-corrected chi connectivity index (χ3v) is 0. The molecule has 0 spiro atoms. The number of hydrogen-bond acceptors (Lipinski definition) is 2. The third kappa shape index (κ3) is 107. The fraction of sp³-hybridized carbons (Fsp3) is 0. The molecule has 0 aliphatic rings. The van der Waals surface area contributed by atoms with Crippen LogP contribution in [0.2, 0.25) is 0 Å². The van der Waals surface area contributed by atoms with Crippen molar-refractivity contribution in [2.75, 3.05) is 0 Å². The van der Waals surface area contributed by atoms with Crippen LogP contribution in [0.5, 0.6) is 0 Å². The fourth-order valence-corrected chi connectivity index (χ4v) is 0. The molecule has 0 saturated heterocycles. The molecule has 4 nitrogen and oxygen atoms in total. The van der Waals surface area contributed by atoms with E-state index in [0.717, 1.165) is 0 Å². The van der Waals surface area contributed by atoms with Gasteiger partial charge in [0.15, 0.2) is 0 Å². The zero-order valence-corrected chi connectivity index (χ0v) is 12.8. The van der Waals surface area contributed by atoms with Gasteiger partial charge in [-0.25, -0.2) is 0 Å². The predicted molar refractivity (Wildman–Crippen MR) is 14.2 cm³/mol. The summed E-state index contributed by atoms with van der Waals surface area (Å²) in [5.74, 6) is 0. The Balaban J connectivity index is -0.0000000800. The van der Waals surface area contributed by atoms with Gasteiger partial charge in [-0.15, -0.1) is 0 Å². The molecule has 0 aromatic rings. The Kier molecular flexibility index (Phi) is 12.5. The minimum atomic E-state index is -4.67. The Morgan fingerprint density at radius 1 is 1.14 bits per heavy atom. The molecule has 0 unspecified atom stereocenters. The summed E-state index contributed by atoms with van der Waals surface area (Å²) >= 11 is 0. The van der Waals surface area contributed by atoms with Crippen molar-refractivity contribution in [3.05, 3.63) is 0 Å². The van der Waals surface area contributed by atoms with Crippen LogP contribution in [-0.2, 0) is 57.5 Å². The molecule has 0 fully saturated rings. The van der Waals surface area contributed by atoms with Gasteiger partial charge in [-0.3, -0.25) is 9.11 Å². The first-order valence-corrected chi connectivity index (χ1v) is 2.10. The van der Waals surface area contributed by atoms with E-state index in [2.05, 4.69) is 0 Å². The standard InChI is InChI=1S/Hg.H2O4S.Zn/c;1-5(2,3)4;/h;(H2,1,2,3,4);. The molecule has 0 radical (unpaired) electrons. The van der Waals surface area contributed by atoms with Crippen LogP contribution in [0.4, 0.5) is 0 Å². The van der Waals surface area contributed by atoms with Crippen molar-refractivity contribution in [1.82, 2.24) is 0 Å². The Hall–Kier alpha value is 1.43. The molecule has 0 aliphatic heterocycles. The molecule has 0 amide bonds. The second kappa shape index (κ2) is 5.56. The van der Waals surface area contributed by atoms with Crippen molar-refractivity contribution < 1.29 is 64.7 Å². The molecule has 0 heterocycles. The summed E-state index contributed by atoms with van der Waals surface area (Å²) in [7, 11) is -4.67. The van der Waals surface area contributed by atoms with Crippen molar-refractivity contribution >= 4 is 10.4 Å². The largest absolute Gasteiger partial charge is 0.394 e. The van der Waals surface area contributed by atoms with Crippen molar-refractivity contribution in [2.24, 2.45) is 0 Å². The second-order valence-electron chi connectivity index (χ2n) is 0.448. The van der Waals surface area contributed by atoms with Crippen LogP contribution in [0.15, 0.2) is 0 Å². The van der Waals surface area contributed by atoms with E-state index in [1.54, 1.807) is 0 Å². The maximum atomic E-state index is 8.74. The Labute approximate surface area is 74.5 Å². The van der Waals surface area contributed by atoms with Crippen LogP contribution < -0.4 is 0 Å². The van der Waals surface area contributed by atoms with Crippen LogP contribution in [-0.4, -0.2) is 17.5 Å². The van der Waals surface area contributed by atoms with E-state index in [0.29, 0.717) is 0 Å². The summed E-state index contributed by atoms with van der Waals surface area (Å²) in [6, 6.07) is 0. The minimum Gasteiger partial charge on any atom is -0.264 e. The first-order chi connectivity index (χ1) is 2.00. The zero-order chi connectivity index (χ0) is 4.50. The molecule has 0 aromatic carbocycles. The fourth-order valence-electron chi connectivity index (χ4n) is 0. The number of rotatable bonds is 0. The van der Waals surface area contributed by atoms with E-state index in [-0.39, 0.29) is 47.1 Å². The molecule has 7 heteroatoms. The van der Waals surface area contributed by atoms with Crippen LogP contribution in [0.1, 0.15) is 0 Å². The van der Waals surface area contributed by atoms with Gasteiger partial charge < -0.3 is 0 Å². The first kappa shape index (κ1) is 15.8.